The van der Waals surface area contributed by atoms with Gasteiger partial charge in [0.05, 0.1) is 5.92 Å². The number of amides is 2. The van der Waals surface area contributed by atoms with Crippen molar-refractivity contribution in [3.8, 4) is 0 Å². The zero-order valence-corrected chi connectivity index (χ0v) is 12.3. The summed E-state index contributed by atoms with van der Waals surface area (Å²) in [5, 5.41) is 11.5. The fourth-order valence-corrected chi connectivity index (χ4v) is 2.00. The van der Waals surface area contributed by atoms with Crippen molar-refractivity contribution in [2.45, 2.75) is 45.8 Å². The summed E-state index contributed by atoms with van der Waals surface area (Å²) in [5.74, 6) is -1.82. The highest BCUT2D eigenvalue weighted by Crippen LogP contribution is 2.18. The van der Waals surface area contributed by atoms with E-state index in [1.807, 2.05) is 0 Å². The van der Waals surface area contributed by atoms with Crippen LogP contribution in [-0.4, -0.2) is 52.7 Å². The van der Waals surface area contributed by atoms with Crippen molar-refractivity contribution in [1.82, 2.24) is 10.2 Å². The van der Waals surface area contributed by atoms with Crippen LogP contribution in [0.5, 0.6) is 0 Å². The summed E-state index contributed by atoms with van der Waals surface area (Å²) in [6.45, 7) is 7.50. The number of carbonyl (C=O) groups excluding carboxylic acids is 2. The van der Waals surface area contributed by atoms with E-state index in [0.717, 1.165) is 0 Å². The lowest BCUT2D eigenvalue weighted by atomic mass is 10.1. The highest BCUT2D eigenvalue weighted by molar-refractivity contribution is 5.86. The molecule has 1 saturated heterocycles. The fraction of sp³-hybridized carbons (Fsp3) is 0.769. The van der Waals surface area contributed by atoms with Crippen molar-refractivity contribution >= 4 is 18.0 Å². The number of carboxylic acid groups (broad SMARTS) is 1. The summed E-state index contributed by atoms with van der Waals surface area (Å²) in [4.78, 5) is 35.5. The summed E-state index contributed by atoms with van der Waals surface area (Å²) in [7, 11) is 0. The van der Waals surface area contributed by atoms with E-state index < -0.39 is 23.6 Å². The zero-order valence-electron chi connectivity index (χ0n) is 12.3. The van der Waals surface area contributed by atoms with E-state index in [1.165, 1.54) is 4.90 Å². The van der Waals surface area contributed by atoms with Gasteiger partial charge in [-0.2, -0.15) is 0 Å². The largest absolute Gasteiger partial charge is 0.481 e. The molecule has 1 fully saturated rings. The number of hydrogen-bond donors (Lipinski definition) is 2. The smallest absolute Gasteiger partial charge is 0.407 e. The highest BCUT2D eigenvalue weighted by atomic mass is 16.6. The van der Waals surface area contributed by atoms with Gasteiger partial charge in [-0.3, -0.25) is 9.59 Å². The Morgan fingerprint density at radius 2 is 2.10 bits per heavy atom. The molecule has 0 aromatic heterocycles. The van der Waals surface area contributed by atoms with E-state index in [4.69, 9.17) is 9.84 Å². The van der Waals surface area contributed by atoms with E-state index in [9.17, 15) is 14.4 Å². The van der Waals surface area contributed by atoms with E-state index >= 15 is 0 Å². The second-order valence-electron chi connectivity index (χ2n) is 6.09. The second-order valence-corrected chi connectivity index (χ2v) is 6.09. The van der Waals surface area contributed by atoms with Crippen molar-refractivity contribution < 1.29 is 24.2 Å². The number of ether oxygens (including phenoxy) is 1. The molecule has 2 unspecified atom stereocenters. The molecule has 1 aliphatic heterocycles. The maximum atomic E-state index is 11.7. The molecule has 2 atom stereocenters. The van der Waals surface area contributed by atoms with Gasteiger partial charge in [0.2, 0.25) is 5.91 Å². The number of nitrogens with zero attached hydrogens (tertiary/aromatic N) is 1. The first-order valence-corrected chi connectivity index (χ1v) is 6.58. The van der Waals surface area contributed by atoms with Gasteiger partial charge in [0.15, 0.2) is 0 Å². The summed E-state index contributed by atoms with van der Waals surface area (Å²) in [5.41, 5.74) is -0.582. The van der Waals surface area contributed by atoms with Crippen molar-refractivity contribution in [1.29, 1.82) is 0 Å². The van der Waals surface area contributed by atoms with Crippen LogP contribution in [0, 0.1) is 5.92 Å². The minimum Gasteiger partial charge on any atom is -0.481 e. The number of hydrogen-bond acceptors (Lipinski definition) is 4. The Labute approximate surface area is 118 Å². The summed E-state index contributed by atoms with van der Waals surface area (Å²) >= 11 is 0. The second kappa shape index (κ2) is 6.11. The molecule has 7 nitrogen and oxygen atoms in total. The predicted molar refractivity (Wildman–Crippen MR) is 71.2 cm³/mol. The third kappa shape index (κ3) is 5.07. The molecule has 0 spiro atoms. The highest BCUT2D eigenvalue weighted by Gasteiger charge is 2.34. The summed E-state index contributed by atoms with van der Waals surface area (Å²) in [6.07, 6.45) is -0.527. The molecule has 0 saturated carbocycles. The molecule has 0 aliphatic carbocycles. The van der Waals surface area contributed by atoms with Crippen LogP contribution in [0.4, 0.5) is 4.79 Å². The molecule has 114 valence electrons. The number of nitrogens with one attached hydrogen (secondary N) is 1. The minimum absolute atomic E-state index is 0.0223. The van der Waals surface area contributed by atoms with Crippen molar-refractivity contribution in [2.24, 2.45) is 5.92 Å². The Balaban J connectivity index is 2.43. The van der Waals surface area contributed by atoms with Crippen LogP contribution in [-0.2, 0) is 14.3 Å². The van der Waals surface area contributed by atoms with Gasteiger partial charge in [-0.15, -0.1) is 0 Å². The molecule has 0 aromatic rings. The molecular formula is C13H22N2O5. The third-order valence-electron chi connectivity index (χ3n) is 2.82. The fourth-order valence-electron chi connectivity index (χ4n) is 2.00. The SMILES string of the molecule is CC(CN1CC(C(=O)O)CC1=O)NC(=O)OC(C)(C)C. The number of carbonyl (C=O) groups is 3. The quantitative estimate of drug-likeness (QED) is 0.798. The first-order chi connectivity index (χ1) is 9.08. The molecule has 2 N–H and O–H groups in total. The molecule has 1 heterocycles. The Kier molecular flexibility index (Phi) is 4.97. The van der Waals surface area contributed by atoms with Crippen molar-refractivity contribution in [3.63, 3.8) is 0 Å². The molecule has 0 aromatic carbocycles. The number of alkyl carbamates (subject to hydrolysis) is 1. The number of carboxylic acids is 1. The van der Waals surface area contributed by atoms with E-state index in [0.29, 0.717) is 0 Å². The molecule has 0 bridgehead atoms. The van der Waals surface area contributed by atoms with Crippen molar-refractivity contribution in [3.05, 3.63) is 0 Å². The topological polar surface area (TPSA) is 95.9 Å². The van der Waals surface area contributed by atoms with Gasteiger partial charge in [0, 0.05) is 25.6 Å². The standard InChI is InChI=1S/C13H22N2O5/c1-8(14-12(19)20-13(2,3)4)6-15-7-9(11(17)18)5-10(15)16/h8-9H,5-7H2,1-4H3,(H,14,19)(H,17,18). The Bertz CT molecular complexity index is 402. The lowest BCUT2D eigenvalue weighted by molar-refractivity contribution is -0.141. The Morgan fingerprint density at radius 3 is 2.55 bits per heavy atom. The van der Waals surface area contributed by atoms with E-state index in [1.54, 1.807) is 27.7 Å². The number of rotatable bonds is 4. The summed E-state index contributed by atoms with van der Waals surface area (Å²) in [6, 6.07) is -0.304. The van der Waals surface area contributed by atoms with Gasteiger partial charge in [0.25, 0.3) is 0 Å². The van der Waals surface area contributed by atoms with Crippen LogP contribution in [0.1, 0.15) is 34.1 Å². The minimum atomic E-state index is -0.964. The third-order valence-corrected chi connectivity index (χ3v) is 2.82. The van der Waals surface area contributed by atoms with E-state index in [2.05, 4.69) is 5.32 Å². The monoisotopic (exact) mass is 286 g/mol. The Hall–Kier alpha value is -1.79. The van der Waals surface area contributed by atoms with Crippen LogP contribution < -0.4 is 5.32 Å². The van der Waals surface area contributed by atoms with Crippen molar-refractivity contribution in [2.75, 3.05) is 13.1 Å². The molecule has 0 radical (unpaired) electrons. The maximum absolute atomic E-state index is 11.7. The number of aliphatic carboxylic acids is 1. The maximum Gasteiger partial charge on any atom is 0.407 e. The number of likely N-dealkylation sites (tertiary alicyclic amines) is 1. The molecule has 2 amide bonds. The van der Waals surface area contributed by atoms with Gasteiger partial charge >= 0.3 is 12.1 Å². The lowest BCUT2D eigenvalue weighted by Gasteiger charge is -2.24. The zero-order chi connectivity index (χ0) is 15.5. The first-order valence-electron chi connectivity index (χ1n) is 6.58. The average molecular weight is 286 g/mol. The summed E-state index contributed by atoms with van der Waals surface area (Å²) < 4.78 is 5.11. The average Bonchev–Trinajstić information content (AvgIpc) is 2.57. The van der Waals surface area contributed by atoms with Gasteiger partial charge in [-0.1, -0.05) is 0 Å². The van der Waals surface area contributed by atoms with Crippen LogP contribution in [0.2, 0.25) is 0 Å². The lowest BCUT2D eigenvalue weighted by Crippen LogP contribution is -2.44. The molecule has 7 heteroatoms. The molecule has 1 rings (SSSR count). The van der Waals surface area contributed by atoms with Gasteiger partial charge in [-0.05, 0) is 27.7 Å². The van der Waals surface area contributed by atoms with Crippen LogP contribution in [0.3, 0.4) is 0 Å². The van der Waals surface area contributed by atoms with Gasteiger partial charge < -0.3 is 20.1 Å². The Morgan fingerprint density at radius 1 is 1.50 bits per heavy atom. The molecular weight excluding hydrogens is 264 g/mol. The predicted octanol–water partition coefficient (Wildman–Crippen LogP) is 0.833. The van der Waals surface area contributed by atoms with Crippen LogP contribution in [0.15, 0.2) is 0 Å². The van der Waals surface area contributed by atoms with E-state index in [-0.39, 0.29) is 31.5 Å². The molecule has 20 heavy (non-hydrogen) atoms. The van der Waals surface area contributed by atoms with Crippen LogP contribution >= 0.6 is 0 Å². The van der Waals surface area contributed by atoms with Crippen LogP contribution in [0.25, 0.3) is 0 Å². The normalized spacial score (nSPS) is 20.7. The van der Waals surface area contributed by atoms with Gasteiger partial charge in [0.1, 0.15) is 5.60 Å². The van der Waals surface area contributed by atoms with Gasteiger partial charge in [-0.25, -0.2) is 4.79 Å². The first kappa shape index (κ1) is 16.3. The molecule has 1 aliphatic rings.